The van der Waals surface area contributed by atoms with Gasteiger partial charge in [0.25, 0.3) is 11.5 Å². The van der Waals surface area contributed by atoms with Gasteiger partial charge in [0.2, 0.25) is 0 Å². The molecule has 3 rings (SSSR count). The van der Waals surface area contributed by atoms with Crippen molar-refractivity contribution < 1.29 is 4.79 Å². The van der Waals surface area contributed by atoms with Gasteiger partial charge in [-0.1, -0.05) is 35.8 Å². The summed E-state index contributed by atoms with van der Waals surface area (Å²) in [5.41, 5.74) is 6.54. The molecule has 3 N–H and O–H groups in total. The number of benzene rings is 1. The molecule has 0 aliphatic carbocycles. The molecule has 1 amide bonds. The molecule has 5 nitrogen and oxygen atoms in total. The van der Waals surface area contributed by atoms with E-state index >= 15 is 0 Å². The number of nitrogens with two attached hydrogens (primary N) is 1. The van der Waals surface area contributed by atoms with Crippen LogP contribution in [0.25, 0.3) is 21.7 Å². The van der Waals surface area contributed by atoms with E-state index in [0.29, 0.717) is 10.9 Å². The number of carbonyl (C=O) groups excluding carboxylic acids is 1. The van der Waals surface area contributed by atoms with E-state index in [2.05, 4.69) is 25.9 Å². The van der Waals surface area contributed by atoms with Gasteiger partial charge in [-0.2, -0.15) is 0 Å². The zero-order valence-corrected chi connectivity index (χ0v) is 13.7. The number of nitrogens with one attached hydrogen (secondary N) is 1. The first kappa shape index (κ1) is 14.7. The number of aromatic amines is 1. The predicted octanol–water partition coefficient (Wildman–Crippen LogP) is 3.06. The molecule has 2 heterocycles. The van der Waals surface area contributed by atoms with Crippen molar-refractivity contribution in [1.82, 2.24) is 9.97 Å². The summed E-state index contributed by atoms with van der Waals surface area (Å²) in [5, 5.41) is 2.04. The SMILES string of the molecule is CC(C)c1nc2c(C(N)=O)c[nH]c(=O)c2c2cc(Br)ccc12. The van der Waals surface area contributed by atoms with Crippen molar-refractivity contribution in [3.8, 4) is 0 Å². The second kappa shape index (κ2) is 5.21. The first-order valence-corrected chi connectivity index (χ1v) is 7.63. The maximum absolute atomic E-state index is 12.3. The fourth-order valence-corrected chi connectivity index (χ4v) is 3.00. The minimum absolute atomic E-state index is 0.146. The number of amides is 1. The molecule has 0 radical (unpaired) electrons. The van der Waals surface area contributed by atoms with Crippen molar-refractivity contribution in [2.24, 2.45) is 5.73 Å². The standard InChI is InChI=1S/C16H14BrN3O2/c1-7(2)13-9-4-3-8(17)5-10(9)12-14(20-13)11(15(18)21)6-19-16(12)22/h3-7H,1-2H3,(H2,18,21)(H,19,22). The largest absolute Gasteiger partial charge is 0.365 e. The number of pyridine rings is 2. The number of hydrogen-bond donors (Lipinski definition) is 2. The van der Waals surface area contributed by atoms with E-state index in [1.807, 2.05) is 32.0 Å². The fourth-order valence-electron chi connectivity index (χ4n) is 2.64. The zero-order chi connectivity index (χ0) is 16.0. The van der Waals surface area contributed by atoms with Crippen LogP contribution in [0.4, 0.5) is 0 Å². The Kier molecular flexibility index (Phi) is 3.48. The number of hydrogen-bond acceptors (Lipinski definition) is 3. The van der Waals surface area contributed by atoms with E-state index in [0.717, 1.165) is 20.9 Å². The summed E-state index contributed by atoms with van der Waals surface area (Å²) in [7, 11) is 0. The van der Waals surface area contributed by atoms with Crippen LogP contribution < -0.4 is 11.3 Å². The number of halogens is 1. The summed E-state index contributed by atoms with van der Waals surface area (Å²) in [6, 6.07) is 5.71. The molecule has 3 aromatic rings. The van der Waals surface area contributed by atoms with E-state index in [-0.39, 0.29) is 17.0 Å². The third-order valence-corrected chi connectivity index (χ3v) is 4.13. The van der Waals surface area contributed by atoms with Crippen molar-refractivity contribution >= 4 is 43.5 Å². The molecule has 0 saturated carbocycles. The second-order valence-corrected chi connectivity index (χ2v) is 6.38. The Labute approximate surface area is 134 Å². The van der Waals surface area contributed by atoms with Gasteiger partial charge in [-0.3, -0.25) is 14.6 Å². The molecule has 1 aromatic carbocycles. The van der Waals surface area contributed by atoms with Crippen molar-refractivity contribution in [2.75, 3.05) is 0 Å². The Hall–Kier alpha value is -2.21. The average molecular weight is 360 g/mol. The molecule has 0 spiro atoms. The van der Waals surface area contributed by atoms with Gasteiger partial charge in [0, 0.05) is 16.1 Å². The Bertz CT molecular complexity index is 976. The van der Waals surface area contributed by atoms with Gasteiger partial charge >= 0.3 is 0 Å². The first-order valence-electron chi connectivity index (χ1n) is 6.84. The van der Waals surface area contributed by atoms with Crippen LogP contribution in [0.15, 0.2) is 33.7 Å². The lowest BCUT2D eigenvalue weighted by Crippen LogP contribution is -2.17. The van der Waals surface area contributed by atoms with Gasteiger partial charge in [0.1, 0.15) is 0 Å². The summed E-state index contributed by atoms with van der Waals surface area (Å²) in [6.07, 6.45) is 1.33. The average Bonchev–Trinajstić information content (AvgIpc) is 2.45. The first-order chi connectivity index (χ1) is 10.4. The highest BCUT2D eigenvalue weighted by Gasteiger charge is 2.18. The number of carbonyl (C=O) groups is 1. The van der Waals surface area contributed by atoms with Gasteiger partial charge in [-0.15, -0.1) is 0 Å². The quantitative estimate of drug-likeness (QED) is 0.689. The molecular formula is C16H14BrN3O2. The second-order valence-electron chi connectivity index (χ2n) is 5.46. The Morgan fingerprint density at radius 1 is 1.32 bits per heavy atom. The van der Waals surface area contributed by atoms with Gasteiger partial charge < -0.3 is 10.7 Å². The molecule has 0 aliphatic rings. The Morgan fingerprint density at radius 3 is 2.68 bits per heavy atom. The van der Waals surface area contributed by atoms with Gasteiger partial charge in [-0.05, 0) is 23.4 Å². The Balaban J connectivity index is 2.66. The van der Waals surface area contributed by atoms with Crippen molar-refractivity contribution in [2.45, 2.75) is 19.8 Å². The highest BCUT2D eigenvalue weighted by molar-refractivity contribution is 9.10. The maximum atomic E-state index is 12.3. The van der Waals surface area contributed by atoms with Gasteiger partial charge in [-0.25, -0.2) is 0 Å². The van der Waals surface area contributed by atoms with Crippen LogP contribution >= 0.6 is 15.9 Å². The zero-order valence-electron chi connectivity index (χ0n) is 12.1. The predicted molar refractivity (Wildman–Crippen MR) is 90.2 cm³/mol. The molecular weight excluding hydrogens is 346 g/mol. The van der Waals surface area contributed by atoms with Crippen LogP contribution in [0.5, 0.6) is 0 Å². The fraction of sp³-hybridized carbons (Fsp3) is 0.188. The third kappa shape index (κ3) is 2.20. The minimum atomic E-state index is -0.613. The molecule has 112 valence electrons. The molecule has 0 aliphatic heterocycles. The molecule has 2 aromatic heterocycles. The lowest BCUT2D eigenvalue weighted by Gasteiger charge is -2.13. The molecule has 0 saturated heterocycles. The summed E-state index contributed by atoms with van der Waals surface area (Å²) in [5.74, 6) is -0.467. The number of primary amides is 1. The number of rotatable bonds is 2. The molecule has 0 atom stereocenters. The van der Waals surface area contributed by atoms with Gasteiger partial charge in [0.15, 0.2) is 0 Å². The molecule has 6 heteroatoms. The van der Waals surface area contributed by atoms with Crippen LogP contribution in [-0.4, -0.2) is 15.9 Å². The lowest BCUT2D eigenvalue weighted by molar-refractivity contribution is 0.100. The molecule has 0 bridgehead atoms. The lowest BCUT2D eigenvalue weighted by atomic mass is 9.98. The van der Waals surface area contributed by atoms with Crippen LogP contribution in [0, 0.1) is 0 Å². The minimum Gasteiger partial charge on any atom is -0.365 e. The van der Waals surface area contributed by atoms with Crippen molar-refractivity contribution in [3.63, 3.8) is 0 Å². The summed E-state index contributed by atoms with van der Waals surface area (Å²) in [6.45, 7) is 4.04. The molecule has 0 unspecified atom stereocenters. The molecule has 22 heavy (non-hydrogen) atoms. The number of H-pyrrole nitrogens is 1. The Morgan fingerprint density at radius 2 is 2.05 bits per heavy atom. The normalized spacial score (nSPS) is 11.5. The summed E-state index contributed by atoms with van der Waals surface area (Å²) < 4.78 is 0.853. The van der Waals surface area contributed by atoms with E-state index in [1.54, 1.807) is 0 Å². The van der Waals surface area contributed by atoms with E-state index < -0.39 is 5.91 Å². The maximum Gasteiger partial charge on any atom is 0.258 e. The van der Waals surface area contributed by atoms with Crippen LogP contribution in [0.2, 0.25) is 0 Å². The van der Waals surface area contributed by atoms with E-state index in [4.69, 9.17) is 5.73 Å². The van der Waals surface area contributed by atoms with E-state index in [9.17, 15) is 9.59 Å². The highest BCUT2D eigenvalue weighted by atomic mass is 79.9. The monoisotopic (exact) mass is 359 g/mol. The topological polar surface area (TPSA) is 88.8 Å². The summed E-state index contributed by atoms with van der Waals surface area (Å²) >= 11 is 3.43. The van der Waals surface area contributed by atoms with E-state index in [1.165, 1.54) is 6.20 Å². The summed E-state index contributed by atoms with van der Waals surface area (Å²) in [4.78, 5) is 31.1. The number of aromatic nitrogens is 2. The van der Waals surface area contributed by atoms with Crippen molar-refractivity contribution in [1.29, 1.82) is 0 Å². The molecule has 0 fully saturated rings. The van der Waals surface area contributed by atoms with Gasteiger partial charge in [0.05, 0.1) is 22.2 Å². The smallest absolute Gasteiger partial charge is 0.258 e. The number of fused-ring (bicyclic) bond motifs is 3. The third-order valence-electron chi connectivity index (χ3n) is 3.64. The number of nitrogens with zero attached hydrogens (tertiary/aromatic N) is 1. The highest BCUT2D eigenvalue weighted by Crippen LogP contribution is 2.31. The van der Waals surface area contributed by atoms with Crippen LogP contribution in [0.3, 0.4) is 0 Å². The van der Waals surface area contributed by atoms with Crippen molar-refractivity contribution in [3.05, 3.63) is 50.5 Å². The van der Waals surface area contributed by atoms with Crippen LogP contribution in [-0.2, 0) is 0 Å². The van der Waals surface area contributed by atoms with Crippen LogP contribution in [0.1, 0.15) is 35.8 Å².